The molecule has 1 aromatic carbocycles. The summed E-state index contributed by atoms with van der Waals surface area (Å²) in [5, 5.41) is -0.0245. The second kappa shape index (κ2) is 5.87. The van der Waals surface area contributed by atoms with Crippen LogP contribution in [0, 0.1) is 0 Å². The van der Waals surface area contributed by atoms with Gasteiger partial charge in [-0.3, -0.25) is 9.69 Å². The highest BCUT2D eigenvalue weighted by Crippen LogP contribution is 2.33. The van der Waals surface area contributed by atoms with Crippen LogP contribution in [0.2, 0.25) is 0 Å². The number of likely N-dealkylation sites (N-methyl/N-ethyl adjacent to an activating group) is 1. The molecule has 106 valence electrons. The van der Waals surface area contributed by atoms with E-state index in [0.29, 0.717) is 17.3 Å². The summed E-state index contributed by atoms with van der Waals surface area (Å²) in [5.74, 6) is 1.50. The molecule has 3 nitrogen and oxygen atoms in total. The van der Waals surface area contributed by atoms with Crippen LogP contribution >= 0.6 is 24.0 Å². The molecule has 21 heavy (non-hydrogen) atoms. The molecule has 0 atom stereocenters. The van der Waals surface area contributed by atoms with Gasteiger partial charge in [0.25, 0.3) is 5.24 Å². The van der Waals surface area contributed by atoms with Gasteiger partial charge in [-0.25, -0.2) is 0 Å². The molecule has 0 N–H and O–H groups in total. The van der Waals surface area contributed by atoms with Gasteiger partial charge in [0.15, 0.2) is 0 Å². The lowest BCUT2D eigenvalue weighted by atomic mass is 10.2. The molecule has 1 aliphatic heterocycles. The summed E-state index contributed by atoms with van der Waals surface area (Å²) in [5.41, 5.74) is 1.02. The zero-order valence-electron chi connectivity index (χ0n) is 11.4. The molecular formula is C16H13NO2S2. The standard InChI is InChI=1S/C16H13NO2S2/c1-2-17-15(20)14(21-16(17)18)10-12-8-9-13(19-12)11-6-4-3-5-7-11/h3-10H,2H2,1H3/b14-10-. The third-order valence-electron chi connectivity index (χ3n) is 3.15. The molecule has 0 saturated carbocycles. The van der Waals surface area contributed by atoms with E-state index in [4.69, 9.17) is 16.6 Å². The molecule has 1 amide bonds. The third kappa shape index (κ3) is 2.80. The van der Waals surface area contributed by atoms with Crippen molar-refractivity contribution in [2.75, 3.05) is 6.54 Å². The Morgan fingerprint density at radius 1 is 1.24 bits per heavy atom. The first-order chi connectivity index (χ1) is 10.2. The SMILES string of the molecule is CCN1C(=O)S/C(=C\c2ccc(-c3ccccc3)o2)C1=S. The first-order valence-electron chi connectivity index (χ1n) is 6.59. The molecule has 0 bridgehead atoms. The van der Waals surface area contributed by atoms with Crippen molar-refractivity contribution in [2.24, 2.45) is 0 Å². The Morgan fingerprint density at radius 2 is 2.00 bits per heavy atom. The van der Waals surface area contributed by atoms with Gasteiger partial charge in [0.1, 0.15) is 16.5 Å². The van der Waals surface area contributed by atoms with Gasteiger partial charge >= 0.3 is 0 Å². The van der Waals surface area contributed by atoms with E-state index in [1.54, 1.807) is 4.90 Å². The second-order valence-electron chi connectivity index (χ2n) is 4.49. The molecule has 0 radical (unpaired) electrons. The number of hydrogen-bond donors (Lipinski definition) is 0. The number of thioether (sulfide) groups is 1. The average Bonchev–Trinajstić information content (AvgIpc) is 3.06. The number of amides is 1. The molecule has 2 aromatic rings. The minimum absolute atomic E-state index is 0.0245. The Labute approximate surface area is 132 Å². The van der Waals surface area contributed by atoms with Crippen molar-refractivity contribution in [1.29, 1.82) is 0 Å². The zero-order chi connectivity index (χ0) is 14.8. The molecular weight excluding hydrogens is 302 g/mol. The maximum absolute atomic E-state index is 11.8. The van der Waals surface area contributed by atoms with E-state index < -0.39 is 0 Å². The number of furan rings is 1. The number of carbonyl (C=O) groups is 1. The topological polar surface area (TPSA) is 33.5 Å². The summed E-state index contributed by atoms with van der Waals surface area (Å²) in [6, 6.07) is 13.7. The summed E-state index contributed by atoms with van der Waals surface area (Å²) in [7, 11) is 0. The Morgan fingerprint density at radius 3 is 2.67 bits per heavy atom. The quantitative estimate of drug-likeness (QED) is 0.601. The van der Waals surface area contributed by atoms with Crippen LogP contribution in [0.5, 0.6) is 0 Å². The van der Waals surface area contributed by atoms with Gasteiger partial charge < -0.3 is 4.42 Å². The van der Waals surface area contributed by atoms with E-state index in [2.05, 4.69) is 0 Å². The minimum atomic E-state index is -0.0245. The van der Waals surface area contributed by atoms with Crippen LogP contribution in [0.4, 0.5) is 4.79 Å². The van der Waals surface area contributed by atoms with Crippen molar-refractivity contribution in [3.8, 4) is 11.3 Å². The highest BCUT2D eigenvalue weighted by atomic mass is 32.2. The van der Waals surface area contributed by atoms with Gasteiger partial charge in [0.2, 0.25) is 0 Å². The Bertz CT molecular complexity index is 719. The number of benzene rings is 1. The zero-order valence-corrected chi connectivity index (χ0v) is 13.0. The van der Waals surface area contributed by atoms with Crippen LogP contribution in [-0.2, 0) is 0 Å². The van der Waals surface area contributed by atoms with Crippen molar-refractivity contribution < 1.29 is 9.21 Å². The van der Waals surface area contributed by atoms with Crippen molar-refractivity contribution in [2.45, 2.75) is 6.92 Å². The van der Waals surface area contributed by atoms with Crippen molar-refractivity contribution in [1.82, 2.24) is 4.90 Å². The molecule has 5 heteroatoms. The normalized spacial score (nSPS) is 17.0. The highest BCUT2D eigenvalue weighted by molar-refractivity contribution is 8.19. The predicted molar refractivity (Wildman–Crippen MR) is 90.1 cm³/mol. The van der Waals surface area contributed by atoms with E-state index in [1.807, 2.05) is 55.5 Å². The Balaban J connectivity index is 1.87. The molecule has 2 heterocycles. The largest absolute Gasteiger partial charge is 0.457 e. The summed E-state index contributed by atoms with van der Waals surface area (Å²) in [6.07, 6.45) is 1.83. The predicted octanol–water partition coefficient (Wildman–Crippen LogP) is 4.80. The van der Waals surface area contributed by atoms with Gasteiger partial charge in [-0.05, 0) is 36.9 Å². The van der Waals surface area contributed by atoms with Gasteiger partial charge in [0, 0.05) is 12.1 Å². The maximum atomic E-state index is 11.8. The van der Waals surface area contributed by atoms with E-state index >= 15 is 0 Å². The lowest BCUT2D eigenvalue weighted by Crippen LogP contribution is -2.26. The lowest BCUT2D eigenvalue weighted by molar-refractivity contribution is 0.247. The number of thiocarbonyl (C=S) groups is 1. The van der Waals surface area contributed by atoms with Crippen LogP contribution in [0.3, 0.4) is 0 Å². The van der Waals surface area contributed by atoms with Crippen molar-refractivity contribution in [3.63, 3.8) is 0 Å². The molecule has 1 aliphatic rings. The van der Waals surface area contributed by atoms with Crippen molar-refractivity contribution >= 4 is 40.3 Å². The van der Waals surface area contributed by atoms with E-state index in [1.165, 1.54) is 0 Å². The van der Waals surface area contributed by atoms with Gasteiger partial charge in [-0.15, -0.1) is 0 Å². The molecule has 3 rings (SSSR count). The summed E-state index contributed by atoms with van der Waals surface area (Å²) >= 11 is 6.46. The molecule has 0 spiro atoms. The fourth-order valence-corrected chi connectivity index (χ4v) is 3.43. The van der Waals surface area contributed by atoms with Crippen LogP contribution in [0.1, 0.15) is 12.7 Å². The summed E-state index contributed by atoms with van der Waals surface area (Å²) in [6.45, 7) is 2.50. The molecule has 1 fully saturated rings. The van der Waals surface area contributed by atoms with E-state index in [-0.39, 0.29) is 5.24 Å². The fourth-order valence-electron chi connectivity index (χ4n) is 2.09. The second-order valence-corrected chi connectivity index (χ2v) is 5.87. The number of nitrogens with zero attached hydrogens (tertiary/aromatic N) is 1. The number of rotatable bonds is 3. The third-order valence-corrected chi connectivity index (χ3v) is 4.64. The van der Waals surface area contributed by atoms with Crippen LogP contribution in [0.25, 0.3) is 17.4 Å². The summed E-state index contributed by atoms with van der Waals surface area (Å²) in [4.78, 5) is 14.7. The molecule has 0 aliphatic carbocycles. The minimum Gasteiger partial charge on any atom is -0.457 e. The van der Waals surface area contributed by atoms with E-state index in [9.17, 15) is 4.79 Å². The van der Waals surface area contributed by atoms with Gasteiger partial charge in [-0.1, -0.05) is 42.5 Å². The first kappa shape index (κ1) is 14.1. The maximum Gasteiger partial charge on any atom is 0.291 e. The Hall–Kier alpha value is -1.85. The first-order valence-corrected chi connectivity index (χ1v) is 7.82. The average molecular weight is 315 g/mol. The van der Waals surface area contributed by atoms with Crippen LogP contribution < -0.4 is 0 Å². The monoisotopic (exact) mass is 315 g/mol. The van der Waals surface area contributed by atoms with Crippen molar-refractivity contribution in [3.05, 3.63) is 53.1 Å². The smallest absolute Gasteiger partial charge is 0.291 e. The molecule has 1 saturated heterocycles. The van der Waals surface area contributed by atoms with Crippen LogP contribution in [-0.4, -0.2) is 21.7 Å². The Kier molecular flexibility index (Phi) is 3.94. The molecule has 1 aromatic heterocycles. The van der Waals surface area contributed by atoms with Gasteiger partial charge in [-0.2, -0.15) is 0 Å². The summed E-state index contributed by atoms with van der Waals surface area (Å²) < 4.78 is 5.80. The lowest BCUT2D eigenvalue weighted by Gasteiger charge is -2.09. The number of carbonyl (C=O) groups excluding carboxylic acids is 1. The van der Waals surface area contributed by atoms with Crippen LogP contribution in [0.15, 0.2) is 51.8 Å². The van der Waals surface area contributed by atoms with E-state index in [0.717, 1.165) is 28.0 Å². The van der Waals surface area contributed by atoms with Gasteiger partial charge in [0.05, 0.1) is 4.91 Å². The fraction of sp³-hybridized carbons (Fsp3) is 0.125. The highest BCUT2D eigenvalue weighted by Gasteiger charge is 2.30. The number of hydrogen-bond acceptors (Lipinski definition) is 4. The molecule has 0 unspecified atom stereocenters.